The van der Waals surface area contributed by atoms with Gasteiger partial charge in [0.1, 0.15) is 23.8 Å². The first-order chi connectivity index (χ1) is 8.61. The number of likely N-dealkylation sites (N-methyl/N-ethyl adjacent to an activating group) is 1. The zero-order valence-corrected chi connectivity index (χ0v) is 10.6. The topological polar surface area (TPSA) is 41.9 Å². The second-order valence-corrected chi connectivity index (χ2v) is 4.50. The second-order valence-electron chi connectivity index (χ2n) is 4.50. The van der Waals surface area contributed by atoms with E-state index in [-0.39, 0.29) is 6.10 Å². The molecule has 0 bridgehead atoms. The van der Waals surface area contributed by atoms with E-state index < -0.39 is 11.9 Å². The third-order valence-corrected chi connectivity index (χ3v) is 3.16. The molecular formula is C13H18FNO3. The average molecular weight is 255 g/mol. The van der Waals surface area contributed by atoms with Gasteiger partial charge >= 0.3 is 0 Å². The molecule has 1 aromatic rings. The van der Waals surface area contributed by atoms with Crippen molar-refractivity contribution in [3.8, 4) is 5.75 Å². The Morgan fingerprint density at radius 3 is 3.00 bits per heavy atom. The quantitative estimate of drug-likeness (QED) is 0.881. The van der Waals surface area contributed by atoms with Crippen molar-refractivity contribution in [2.45, 2.75) is 12.2 Å². The number of morpholine rings is 1. The van der Waals surface area contributed by atoms with Gasteiger partial charge in [-0.3, -0.25) is 0 Å². The van der Waals surface area contributed by atoms with E-state index in [9.17, 15) is 9.50 Å². The fraction of sp³-hybridized carbons (Fsp3) is 0.538. The van der Waals surface area contributed by atoms with Gasteiger partial charge in [0.05, 0.1) is 13.7 Å². The summed E-state index contributed by atoms with van der Waals surface area (Å²) in [7, 11) is 3.46. The van der Waals surface area contributed by atoms with E-state index in [2.05, 4.69) is 4.90 Å². The van der Waals surface area contributed by atoms with Gasteiger partial charge in [0.25, 0.3) is 0 Å². The molecule has 0 aliphatic carbocycles. The van der Waals surface area contributed by atoms with Gasteiger partial charge in [0.2, 0.25) is 0 Å². The first-order valence-corrected chi connectivity index (χ1v) is 5.93. The highest BCUT2D eigenvalue weighted by Crippen LogP contribution is 2.30. The third kappa shape index (κ3) is 2.80. The van der Waals surface area contributed by atoms with E-state index in [1.54, 1.807) is 0 Å². The van der Waals surface area contributed by atoms with Crippen molar-refractivity contribution in [3.05, 3.63) is 29.6 Å². The molecule has 1 N–H and O–H groups in total. The normalized spacial score (nSPS) is 22.8. The molecule has 5 heteroatoms. The molecule has 0 spiro atoms. The van der Waals surface area contributed by atoms with Crippen molar-refractivity contribution < 1.29 is 19.0 Å². The predicted molar refractivity (Wildman–Crippen MR) is 65.1 cm³/mol. The second kappa shape index (κ2) is 5.65. The molecule has 2 unspecified atom stereocenters. The Hall–Kier alpha value is -1.17. The minimum atomic E-state index is -0.890. The molecule has 0 amide bonds. The Morgan fingerprint density at radius 1 is 1.56 bits per heavy atom. The van der Waals surface area contributed by atoms with Crippen LogP contribution in [0.15, 0.2) is 18.2 Å². The molecule has 1 aliphatic heterocycles. The largest absolute Gasteiger partial charge is 0.496 e. The molecule has 18 heavy (non-hydrogen) atoms. The van der Waals surface area contributed by atoms with E-state index in [0.29, 0.717) is 24.5 Å². The zero-order chi connectivity index (χ0) is 13.1. The minimum Gasteiger partial charge on any atom is -0.496 e. The Bertz CT molecular complexity index is 413. The van der Waals surface area contributed by atoms with Crippen LogP contribution in [-0.4, -0.2) is 50.0 Å². The summed E-state index contributed by atoms with van der Waals surface area (Å²) >= 11 is 0. The lowest BCUT2D eigenvalue weighted by Crippen LogP contribution is -2.43. The molecule has 1 heterocycles. The number of ether oxygens (including phenoxy) is 2. The van der Waals surface area contributed by atoms with E-state index in [1.807, 2.05) is 7.05 Å². The van der Waals surface area contributed by atoms with Crippen LogP contribution in [0.3, 0.4) is 0 Å². The molecule has 1 fully saturated rings. The Labute approximate surface area is 106 Å². The summed E-state index contributed by atoms with van der Waals surface area (Å²) in [6.45, 7) is 2.01. The molecule has 0 saturated carbocycles. The number of nitrogens with zero attached hydrogens (tertiary/aromatic N) is 1. The monoisotopic (exact) mass is 255 g/mol. The molecule has 1 aliphatic rings. The molecule has 2 atom stereocenters. The minimum absolute atomic E-state index is 0.362. The number of hydrogen-bond acceptors (Lipinski definition) is 4. The Kier molecular flexibility index (Phi) is 4.16. The maximum atomic E-state index is 13.3. The first kappa shape index (κ1) is 13.3. The summed E-state index contributed by atoms with van der Waals surface area (Å²) in [5.74, 6) is 0.0785. The Morgan fingerprint density at radius 2 is 2.33 bits per heavy atom. The number of hydrogen-bond donors (Lipinski definition) is 1. The predicted octanol–water partition coefficient (Wildman–Crippen LogP) is 1.20. The van der Waals surface area contributed by atoms with E-state index in [1.165, 1.54) is 25.3 Å². The fourth-order valence-corrected chi connectivity index (χ4v) is 2.14. The maximum Gasteiger partial charge on any atom is 0.124 e. The van der Waals surface area contributed by atoms with Gasteiger partial charge in [-0.25, -0.2) is 4.39 Å². The summed E-state index contributed by atoms with van der Waals surface area (Å²) in [4.78, 5) is 2.07. The molecule has 0 aromatic heterocycles. The number of benzene rings is 1. The molecular weight excluding hydrogens is 237 g/mol. The average Bonchev–Trinajstić information content (AvgIpc) is 2.38. The van der Waals surface area contributed by atoms with Crippen LogP contribution >= 0.6 is 0 Å². The van der Waals surface area contributed by atoms with Gasteiger partial charge in [0.15, 0.2) is 0 Å². The molecule has 1 saturated heterocycles. The van der Waals surface area contributed by atoms with Crippen molar-refractivity contribution in [1.82, 2.24) is 4.90 Å². The van der Waals surface area contributed by atoms with Crippen molar-refractivity contribution in [2.75, 3.05) is 33.9 Å². The lowest BCUT2D eigenvalue weighted by atomic mass is 10.0. The third-order valence-electron chi connectivity index (χ3n) is 3.16. The number of rotatable bonds is 3. The standard InChI is InChI=1S/C13H18FNO3/c1-15-5-6-18-12(8-15)13(16)10-7-9(14)3-4-11(10)17-2/h3-4,7,12-13,16H,5-6,8H2,1-2H3. The fourth-order valence-electron chi connectivity index (χ4n) is 2.14. The van der Waals surface area contributed by atoms with Crippen LogP contribution in [0.25, 0.3) is 0 Å². The smallest absolute Gasteiger partial charge is 0.124 e. The van der Waals surface area contributed by atoms with Gasteiger partial charge in [-0.05, 0) is 25.2 Å². The van der Waals surface area contributed by atoms with E-state index in [4.69, 9.17) is 9.47 Å². The molecule has 4 nitrogen and oxygen atoms in total. The number of aliphatic hydroxyl groups is 1. The Balaban J connectivity index is 2.21. The van der Waals surface area contributed by atoms with Crippen molar-refractivity contribution in [3.63, 3.8) is 0 Å². The highest BCUT2D eigenvalue weighted by Gasteiger charge is 2.28. The molecule has 2 rings (SSSR count). The number of methoxy groups -OCH3 is 1. The van der Waals surface area contributed by atoms with Gasteiger partial charge in [0, 0.05) is 18.7 Å². The summed E-state index contributed by atoms with van der Waals surface area (Å²) < 4.78 is 23.9. The zero-order valence-electron chi connectivity index (χ0n) is 10.6. The van der Waals surface area contributed by atoms with Crippen LogP contribution in [0.2, 0.25) is 0 Å². The van der Waals surface area contributed by atoms with Gasteiger partial charge in [-0.1, -0.05) is 0 Å². The van der Waals surface area contributed by atoms with Crippen LogP contribution < -0.4 is 4.74 Å². The molecule has 0 radical (unpaired) electrons. The van der Waals surface area contributed by atoms with Crippen LogP contribution in [-0.2, 0) is 4.74 Å². The SMILES string of the molecule is COc1ccc(F)cc1C(O)C1CN(C)CCO1. The van der Waals surface area contributed by atoms with Crippen LogP contribution in [0.1, 0.15) is 11.7 Å². The van der Waals surface area contributed by atoms with Gasteiger partial charge in [-0.2, -0.15) is 0 Å². The highest BCUT2D eigenvalue weighted by atomic mass is 19.1. The number of halogens is 1. The summed E-state index contributed by atoms with van der Waals surface area (Å²) in [5, 5.41) is 10.3. The highest BCUT2D eigenvalue weighted by molar-refractivity contribution is 5.36. The van der Waals surface area contributed by atoms with Crippen LogP contribution in [0.4, 0.5) is 4.39 Å². The number of aliphatic hydroxyl groups excluding tert-OH is 1. The summed E-state index contributed by atoms with van der Waals surface area (Å²) in [6.07, 6.45) is -1.25. The molecule has 100 valence electrons. The van der Waals surface area contributed by atoms with E-state index in [0.717, 1.165) is 6.54 Å². The van der Waals surface area contributed by atoms with Crippen molar-refractivity contribution >= 4 is 0 Å². The van der Waals surface area contributed by atoms with Crippen LogP contribution in [0, 0.1) is 5.82 Å². The lowest BCUT2D eigenvalue weighted by Gasteiger charge is -2.33. The summed E-state index contributed by atoms with van der Waals surface area (Å²) in [5.41, 5.74) is 0.429. The van der Waals surface area contributed by atoms with Gasteiger partial charge in [-0.15, -0.1) is 0 Å². The van der Waals surface area contributed by atoms with Crippen molar-refractivity contribution in [2.24, 2.45) is 0 Å². The van der Waals surface area contributed by atoms with Gasteiger partial charge < -0.3 is 19.5 Å². The van der Waals surface area contributed by atoms with Crippen molar-refractivity contribution in [1.29, 1.82) is 0 Å². The lowest BCUT2D eigenvalue weighted by molar-refractivity contribution is -0.0850. The summed E-state index contributed by atoms with van der Waals surface area (Å²) in [6, 6.07) is 4.12. The van der Waals surface area contributed by atoms with E-state index >= 15 is 0 Å². The molecule has 1 aromatic carbocycles. The van der Waals surface area contributed by atoms with Crippen LogP contribution in [0.5, 0.6) is 5.75 Å². The maximum absolute atomic E-state index is 13.3. The first-order valence-electron chi connectivity index (χ1n) is 5.93.